The van der Waals surface area contributed by atoms with Gasteiger partial charge < -0.3 is 14.6 Å². The summed E-state index contributed by atoms with van der Waals surface area (Å²) in [6.45, 7) is 6.30. The number of hydrogen-bond donors (Lipinski definition) is 1. The first kappa shape index (κ1) is 28.0. The van der Waals surface area contributed by atoms with Crippen LogP contribution < -0.4 is 9.62 Å². The Morgan fingerprint density at radius 3 is 2.45 bits per heavy atom. The molecule has 1 aromatic heterocycles. The van der Waals surface area contributed by atoms with Crippen LogP contribution in [-0.2, 0) is 32.0 Å². The van der Waals surface area contributed by atoms with Crippen LogP contribution >= 0.6 is 0 Å². The van der Waals surface area contributed by atoms with E-state index in [0.717, 1.165) is 24.1 Å². The molecule has 2 heterocycles. The molecular weight excluding hydrogens is 514 g/mol. The summed E-state index contributed by atoms with van der Waals surface area (Å²) in [5.74, 6) is -3.24. The largest absolute Gasteiger partial charge is 0.381 e. The topological polar surface area (TPSA) is 93.5 Å². The van der Waals surface area contributed by atoms with Crippen LogP contribution in [0.4, 0.5) is 20.2 Å². The number of hydrogen-bond acceptors (Lipinski definition) is 5. The first-order valence-electron chi connectivity index (χ1n) is 12.7. The molecule has 0 unspecified atom stereocenters. The molecule has 0 aliphatic carbocycles. The van der Waals surface area contributed by atoms with Crippen molar-refractivity contribution in [3.05, 3.63) is 48.3 Å². The third kappa shape index (κ3) is 6.15. The number of sulfonamides is 1. The van der Waals surface area contributed by atoms with Crippen LogP contribution in [0.15, 0.2) is 47.4 Å². The van der Waals surface area contributed by atoms with Gasteiger partial charge in [-0.1, -0.05) is 13.8 Å². The number of aromatic nitrogens is 2. The Morgan fingerprint density at radius 2 is 1.84 bits per heavy atom. The number of anilines is 2. The van der Waals surface area contributed by atoms with Crippen LogP contribution in [0.5, 0.6) is 0 Å². The molecule has 0 radical (unpaired) electrons. The quantitative estimate of drug-likeness (QED) is 0.387. The molecule has 1 N–H and O–H groups in total. The van der Waals surface area contributed by atoms with E-state index < -0.39 is 15.9 Å². The lowest BCUT2D eigenvalue weighted by Gasteiger charge is -2.24. The van der Waals surface area contributed by atoms with Crippen LogP contribution in [0, 0.1) is 11.8 Å². The van der Waals surface area contributed by atoms with E-state index >= 15 is 0 Å². The van der Waals surface area contributed by atoms with Gasteiger partial charge in [-0.15, -0.1) is 0 Å². The van der Waals surface area contributed by atoms with E-state index in [9.17, 15) is 22.0 Å². The second-order valence-electron chi connectivity index (χ2n) is 10.3. The molecule has 8 nitrogen and oxygen atoms in total. The molecule has 1 amide bonds. The van der Waals surface area contributed by atoms with Gasteiger partial charge in [-0.05, 0) is 67.1 Å². The number of halogens is 2. The number of fused-ring (bicyclic) bond motifs is 1. The van der Waals surface area contributed by atoms with Crippen LogP contribution in [0.3, 0.4) is 0 Å². The molecule has 11 heteroatoms. The molecule has 1 saturated heterocycles. The van der Waals surface area contributed by atoms with E-state index in [-0.39, 0.29) is 28.5 Å². The highest BCUT2D eigenvalue weighted by molar-refractivity contribution is 7.92. The van der Waals surface area contributed by atoms with E-state index in [1.807, 2.05) is 13.8 Å². The number of benzene rings is 2. The molecule has 4 rings (SSSR count). The average Bonchev–Trinajstić information content (AvgIpc) is 3.22. The van der Waals surface area contributed by atoms with Gasteiger partial charge in [0.15, 0.2) is 5.82 Å². The molecule has 3 aromatic rings. The zero-order valence-electron chi connectivity index (χ0n) is 22.1. The van der Waals surface area contributed by atoms with Gasteiger partial charge in [0, 0.05) is 45.8 Å². The Labute approximate surface area is 222 Å². The van der Waals surface area contributed by atoms with Gasteiger partial charge in [-0.2, -0.15) is 8.78 Å². The van der Waals surface area contributed by atoms with Crippen molar-refractivity contribution < 1.29 is 26.7 Å². The zero-order valence-corrected chi connectivity index (χ0v) is 22.9. The minimum atomic E-state index is -3.96. The first-order chi connectivity index (χ1) is 17.9. The van der Waals surface area contributed by atoms with Crippen molar-refractivity contribution in [2.75, 3.05) is 29.9 Å². The maximum absolute atomic E-state index is 14.5. The second-order valence-corrected chi connectivity index (χ2v) is 12.3. The van der Waals surface area contributed by atoms with Crippen LogP contribution in [0.2, 0.25) is 0 Å². The normalized spacial score (nSPS) is 15.2. The SMILES string of the molecule is CC(C)CC(=O)Nc1ccc(S(=O)(=O)N(C)c2ccc3c(c2)nc(C(C)(F)F)n3CC2CCOCC2)cc1. The lowest BCUT2D eigenvalue weighted by atomic mass is 10.00. The molecule has 0 atom stereocenters. The maximum Gasteiger partial charge on any atom is 0.302 e. The first-order valence-corrected chi connectivity index (χ1v) is 14.2. The van der Waals surface area contributed by atoms with Crippen molar-refractivity contribution >= 4 is 38.3 Å². The van der Waals surface area contributed by atoms with E-state index in [1.54, 1.807) is 16.7 Å². The molecule has 2 aromatic carbocycles. The highest BCUT2D eigenvalue weighted by Crippen LogP contribution is 2.34. The minimum Gasteiger partial charge on any atom is -0.381 e. The third-order valence-corrected chi connectivity index (χ3v) is 8.46. The summed E-state index contributed by atoms with van der Waals surface area (Å²) < 4.78 is 63.7. The van der Waals surface area contributed by atoms with E-state index in [1.165, 1.54) is 37.4 Å². The van der Waals surface area contributed by atoms with E-state index in [0.29, 0.717) is 48.6 Å². The molecule has 38 heavy (non-hydrogen) atoms. The molecule has 1 aliphatic rings. The van der Waals surface area contributed by atoms with E-state index in [4.69, 9.17) is 4.74 Å². The minimum absolute atomic E-state index is 0.0350. The highest BCUT2D eigenvalue weighted by atomic mass is 32.2. The summed E-state index contributed by atoms with van der Waals surface area (Å²) >= 11 is 0. The Kier molecular flexibility index (Phi) is 8.08. The summed E-state index contributed by atoms with van der Waals surface area (Å²) in [6.07, 6.45) is 1.93. The Hall–Kier alpha value is -3.05. The van der Waals surface area contributed by atoms with Gasteiger partial charge in [-0.3, -0.25) is 9.10 Å². The molecule has 0 saturated carbocycles. The van der Waals surface area contributed by atoms with Gasteiger partial charge >= 0.3 is 5.92 Å². The Bertz CT molecular complexity index is 1390. The summed E-state index contributed by atoms with van der Waals surface area (Å²) in [5, 5.41) is 2.76. The molecule has 1 fully saturated rings. The highest BCUT2D eigenvalue weighted by Gasteiger charge is 2.33. The lowest BCUT2D eigenvalue weighted by Crippen LogP contribution is -2.26. The predicted molar refractivity (Wildman–Crippen MR) is 143 cm³/mol. The van der Waals surface area contributed by atoms with Crippen molar-refractivity contribution in [3.8, 4) is 0 Å². The second kappa shape index (κ2) is 11.0. The van der Waals surface area contributed by atoms with E-state index in [2.05, 4.69) is 10.3 Å². The molecular formula is C27H34F2N4O4S. The average molecular weight is 549 g/mol. The fourth-order valence-electron chi connectivity index (χ4n) is 4.61. The van der Waals surface area contributed by atoms with Crippen molar-refractivity contribution in [1.29, 1.82) is 0 Å². The number of imidazole rings is 1. The fraction of sp³-hybridized carbons (Fsp3) is 0.481. The van der Waals surface area contributed by atoms with Gasteiger partial charge in [0.05, 0.1) is 21.6 Å². The number of rotatable bonds is 9. The van der Waals surface area contributed by atoms with Crippen molar-refractivity contribution in [2.24, 2.45) is 11.8 Å². The van der Waals surface area contributed by atoms with Crippen molar-refractivity contribution in [2.45, 2.75) is 57.4 Å². The Balaban J connectivity index is 1.60. The number of nitrogens with one attached hydrogen (secondary N) is 1. The summed E-state index contributed by atoms with van der Waals surface area (Å²) in [5.41, 5.74) is 1.63. The molecule has 0 spiro atoms. The summed E-state index contributed by atoms with van der Waals surface area (Å²) in [4.78, 5) is 16.3. The number of nitrogens with zero attached hydrogens (tertiary/aromatic N) is 3. The third-order valence-electron chi connectivity index (χ3n) is 6.66. The number of amides is 1. The molecule has 206 valence electrons. The van der Waals surface area contributed by atoms with Crippen LogP contribution in [-0.4, -0.2) is 44.1 Å². The van der Waals surface area contributed by atoms with Crippen LogP contribution in [0.25, 0.3) is 11.0 Å². The number of ether oxygens (including phenoxy) is 1. The lowest BCUT2D eigenvalue weighted by molar-refractivity contribution is -0.116. The molecule has 0 bridgehead atoms. The maximum atomic E-state index is 14.5. The van der Waals surface area contributed by atoms with Gasteiger partial charge in [0.2, 0.25) is 5.91 Å². The van der Waals surface area contributed by atoms with Gasteiger partial charge in [-0.25, -0.2) is 13.4 Å². The smallest absolute Gasteiger partial charge is 0.302 e. The van der Waals surface area contributed by atoms with Gasteiger partial charge in [0.1, 0.15) is 0 Å². The van der Waals surface area contributed by atoms with Gasteiger partial charge in [0.25, 0.3) is 10.0 Å². The Morgan fingerprint density at radius 1 is 1.18 bits per heavy atom. The summed E-state index contributed by atoms with van der Waals surface area (Å²) in [7, 11) is -2.55. The van der Waals surface area contributed by atoms with Crippen molar-refractivity contribution in [3.63, 3.8) is 0 Å². The number of alkyl halides is 2. The zero-order chi connectivity index (χ0) is 27.7. The van der Waals surface area contributed by atoms with Crippen LogP contribution in [0.1, 0.15) is 45.9 Å². The number of carbonyl (C=O) groups excluding carboxylic acids is 1. The summed E-state index contributed by atoms with van der Waals surface area (Å²) in [6, 6.07) is 10.7. The molecule has 1 aliphatic heterocycles. The number of carbonyl (C=O) groups is 1. The fourth-order valence-corrected chi connectivity index (χ4v) is 5.80. The predicted octanol–water partition coefficient (Wildman–Crippen LogP) is 5.38. The van der Waals surface area contributed by atoms with Crippen molar-refractivity contribution in [1.82, 2.24) is 9.55 Å². The standard InChI is InChI=1S/C27H34F2N4O4S/c1-18(2)15-25(34)30-20-5-8-22(9-6-20)38(35,36)32(4)21-7-10-24-23(16-21)31-26(27(3,28)29)33(24)17-19-11-13-37-14-12-19/h5-10,16,18-19H,11-15,17H2,1-4H3,(H,30,34). The monoisotopic (exact) mass is 548 g/mol.